The molecule has 0 bridgehead atoms. The minimum atomic E-state index is -1.59. The lowest BCUT2D eigenvalue weighted by atomic mass is 10.0. The molecule has 0 aromatic heterocycles. The number of hydrogen-bond acceptors (Lipinski definition) is 3. The van der Waals surface area contributed by atoms with E-state index in [1.807, 2.05) is 6.07 Å². The number of amides is 1. The van der Waals surface area contributed by atoms with Crippen molar-refractivity contribution in [3.8, 4) is 17.9 Å². The van der Waals surface area contributed by atoms with Crippen LogP contribution < -0.4 is 0 Å². The molecule has 1 atom stereocenters. The fourth-order valence-corrected chi connectivity index (χ4v) is 1.81. The lowest BCUT2D eigenvalue weighted by Gasteiger charge is -2.13. The zero-order valence-electron chi connectivity index (χ0n) is 9.97. The van der Waals surface area contributed by atoms with E-state index in [1.54, 1.807) is 31.3 Å². The van der Waals surface area contributed by atoms with Gasteiger partial charge in [-0.2, -0.15) is 5.26 Å². The van der Waals surface area contributed by atoms with Crippen molar-refractivity contribution in [2.45, 2.75) is 12.0 Å². The van der Waals surface area contributed by atoms with Crippen LogP contribution in [0.1, 0.15) is 17.5 Å². The fraction of sp³-hybridized carbons (Fsp3) is 0.286. The van der Waals surface area contributed by atoms with Gasteiger partial charge in [-0.25, -0.2) is 0 Å². The van der Waals surface area contributed by atoms with E-state index >= 15 is 0 Å². The molecule has 1 aromatic carbocycles. The summed E-state index contributed by atoms with van der Waals surface area (Å²) in [5.41, 5.74) is -0.467. The Morgan fingerprint density at radius 1 is 1.44 bits per heavy atom. The Labute approximate surface area is 105 Å². The number of nitriles is 1. The van der Waals surface area contributed by atoms with Gasteiger partial charge in [-0.15, -0.1) is 0 Å². The molecule has 0 saturated carbocycles. The summed E-state index contributed by atoms with van der Waals surface area (Å²) in [6, 6.07) is 8.77. The highest BCUT2D eigenvalue weighted by Crippen LogP contribution is 2.20. The molecule has 1 fully saturated rings. The normalized spacial score (nSPS) is 22.3. The molecular weight excluding hydrogens is 228 g/mol. The Balaban J connectivity index is 2.27. The number of aliphatic hydroxyl groups is 1. The Morgan fingerprint density at radius 3 is 2.78 bits per heavy atom. The Bertz CT molecular complexity index is 592. The molecule has 1 amide bonds. The van der Waals surface area contributed by atoms with E-state index in [4.69, 9.17) is 5.26 Å². The van der Waals surface area contributed by atoms with E-state index in [0.717, 1.165) is 0 Å². The summed E-state index contributed by atoms with van der Waals surface area (Å²) in [5.74, 6) is 5.00. The first-order valence-corrected chi connectivity index (χ1v) is 5.56. The smallest absolute Gasteiger partial charge is 0.267 e. The molecule has 1 saturated heterocycles. The lowest BCUT2D eigenvalue weighted by molar-refractivity contribution is -0.137. The van der Waals surface area contributed by atoms with Crippen molar-refractivity contribution in [2.75, 3.05) is 13.6 Å². The molecule has 4 heteroatoms. The Hall–Kier alpha value is -2.30. The van der Waals surface area contributed by atoms with Crippen molar-refractivity contribution in [3.63, 3.8) is 0 Å². The van der Waals surface area contributed by atoms with Gasteiger partial charge in [-0.3, -0.25) is 4.79 Å². The maximum absolute atomic E-state index is 11.7. The third-order valence-corrected chi connectivity index (χ3v) is 2.91. The molecule has 1 aliphatic rings. The monoisotopic (exact) mass is 240 g/mol. The average Bonchev–Trinajstić information content (AvgIpc) is 2.65. The van der Waals surface area contributed by atoms with Crippen molar-refractivity contribution in [1.29, 1.82) is 5.26 Å². The summed E-state index contributed by atoms with van der Waals surface area (Å²) in [6.07, 6.45) is 0.313. The van der Waals surface area contributed by atoms with Gasteiger partial charge in [0.15, 0.2) is 0 Å². The van der Waals surface area contributed by atoms with Gasteiger partial charge in [0.25, 0.3) is 5.91 Å². The highest BCUT2D eigenvalue weighted by molar-refractivity contribution is 5.90. The fourth-order valence-electron chi connectivity index (χ4n) is 1.81. The van der Waals surface area contributed by atoms with Gasteiger partial charge in [-0.05, 0) is 18.2 Å². The van der Waals surface area contributed by atoms with Gasteiger partial charge >= 0.3 is 0 Å². The molecule has 0 aliphatic carbocycles. The topological polar surface area (TPSA) is 64.3 Å². The van der Waals surface area contributed by atoms with E-state index in [9.17, 15) is 9.90 Å². The summed E-state index contributed by atoms with van der Waals surface area (Å²) in [4.78, 5) is 13.2. The number of likely N-dealkylation sites (N-methyl/N-ethyl adjacent to an activating group) is 1. The van der Waals surface area contributed by atoms with Gasteiger partial charge in [0.2, 0.25) is 5.60 Å². The van der Waals surface area contributed by atoms with E-state index in [2.05, 4.69) is 11.8 Å². The van der Waals surface area contributed by atoms with Crippen LogP contribution in [-0.2, 0) is 4.79 Å². The molecule has 1 N–H and O–H groups in total. The first-order chi connectivity index (χ1) is 8.55. The first kappa shape index (κ1) is 12.2. The van der Waals surface area contributed by atoms with Crippen molar-refractivity contribution in [1.82, 2.24) is 4.90 Å². The van der Waals surface area contributed by atoms with Crippen LogP contribution in [0, 0.1) is 23.2 Å². The van der Waals surface area contributed by atoms with Gasteiger partial charge < -0.3 is 10.0 Å². The van der Waals surface area contributed by atoms with E-state index < -0.39 is 5.60 Å². The van der Waals surface area contributed by atoms with Crippen LogP contribution in [0.5, 0.6) is 0 Å². The van der Waals surface area contributed by atoms with Crippen molar-refractivity contribution in [3.05, 3.63) is 35.4 Å². The van der Waals surface area contributed by atoms with Crippen LogP contribution in [0.25, 0.3) is 0 Å². The summed E-state index contributed by atoms with van der Waals surface area (Å²) in [7, 11) is 1.64. The Kier molecular flexibility index (Phi) is 3.06. The van der Waals surface area contributed by atoms with Crippen LogP contribution in [0.3, 0.4) is 0 Å². The standard InChI is InChI=1S/C14H12N2O2/c1-16-8-7-14(18,13(16)17)6-5-11-3-2-4-12(9-11)10-15/h2-4,9,18H,7-8H2,1H3/t14-/m0/s1. The van der Waals surface area contributed by atoms with E-state index in [1.165, 1.54) is 4.90 Å². The number of carbonyl (C=O) groups excluding carboxylic acids is 1. The largest absolute Gasteiger partial charge is 0.369 e. The number of likely N-dealkylation sites (tertiary alicyclic amines) is 1. The molecule has 1 heterocycles. The summed E-state index contributed by atoms with van der Waals surface area (Å²) in [6.45, 7) is 0.502. The van der Waals surface area contributed by atoms with Gasteiger partial charge in [0, 0.05) is 25.6 Å². The number of nitrogens with zero attached hydrogens (tertiary/aromatic N) is 2. The Morgan fingerprint density at radius 2 is 2.17 bits per heavy atom. The second-order valence-corrected chi connectivity index (χ2v) is 4.28. The zero-order chi connectivity index (χ0) is 13.2. The number of rotatable bonds is 0. The van der Waals surface area contributed by atoms with Gasteiger partial charge in [-0.1, -0.05) is 17.9 Å². The molecule has 0 radical (unpaired) electrons. The SMILES string of the molecule is CN1CC[C@@](O)(C#Cc2cccc(C#N)c2)C1=O. The first-order valence-electron chi connectivity index (χ1n) is 5.56. The second kappa shape index (κ2) is 4.52. The molecule has 1 aromatic rings. The van der Waals surface area contributed by atoms with Gasteiger partial charge in [0.1, 0.15) is 0 Å². The molecule has 90 valence electrons. The van der Waals surface area contributed by atoms with Crippen LogP contribution >= 0.6 is 0 Å². The van der Waals surface area contributed by atoms with Crippen molar-refractivity contribution >= 4 is 5.91 Å². The lowest BCUT2D eigenvalue weighted by Crippen LogP contribution is -2.37. The maximum Gasteiger partial charge on any atom is 0.267 e. The maximum atomic E-state index is 11.7. The highest BCUT2D eigenvalue weighted by atomic mass is 16.3. The van der Waals surface area contributed by atoms with Crippen molar-refractivity contribution < 1.29 is 9.90 Å². The minimum Gasteiger partial charge on any atom is -0.369 e. The minimum absolute atomic E-state index is 0.313. The van der Waals surface area contributed by atoms with Gasteiger partial charge in [0.05, 0.1) is 11.6 Å². The number of carbonyl (C=O) groups is 1. The summed E-state index contributed by atoms with van der Waals surface area (Å²) in [5, 5.41) is 18.8. The quantitative estimate of drug-likeness (QED) is 0.672. The number of benzene rings is 1. The third-order valence-electron chi connectivity index (χ3n) is 2.91. The third kappa shape index (κ3) is 2.20. The van der Waals surface area contributed by atoms with E-state index in [-0.39, 0.29) is 5.91 Å². The summed E-state index contributed by atoms with van der Waals surface area (Å²) < 4.78 is 0. The molecule has 0 spiro atoms. The zero-order valence-corrected chi connectivity index (χ0v) is 9.97. The predicted molar refractivity (Wildman–Crippen MR) is 65.2 cm³/mol. The van der Waals surface area contributed by atoms with Crippen LogP contribution in [0.4, 0.5) is 0 Å². The molecule has 0 unspecified atom stereocenters. The molecule has 2 rings (SSSR count). The van der Waals surface area contributed by atoms with E-state index in [0.29, 0.717) is 24.1 Å². The average molecular weight is 240 g/mol. The van der Waals surface area contributed by atoms with Crippen LogP contribution in [0.2, 0.25) is 0 Å². The van der Waals surface area contributed by atoms with Crippen molar-refractivity contribution in [2.24, 2.45) is 0 Å². The summed E-state index contributed by atoms with van der Waals surface area (Å²) >= 11 is 0. The molecule has 18 heavy (non-hydrogen) atoms. The predicted octanol–water partition coefficient (Wildman–Crippen LogP) is 0.503. The number of hydrogen-bond donors (Lipinski definition) is 1. The molecule has 1 aliphatic heterocycles. The molecular formula is C14H12N2O2. The molecule has 4 nitrogen and oxygen atoms in total. The van der Waals surface area contributed by atoms with Crippen LogP contribution in [-0.4, -0.2) is 35.1 Å². The van der Waals surface area contributed by atoms with Crippen LogP contribution in [0.15, 0.2) is 24.3 Å². The second-order valence-electron chi connectivity index (χ2n) is 4.28. The highest BCUT2D eigenvalue weighted by Gasteiger charge is 2.42.